The summed E-state index contributed by atoms with van der Waals surface area (Å²) in [5.41, 5.74) is 5.22. The lowest BCUT2D eigenvalue weighted by Gasteiger charge is -2.29. The Morgan fingerprint density at radius 3 is 2.83 bits per heavy atom. The predicted molar refractivity (Wildman–Crippen MR) is 88.8 cm³/mol. The Kier molecular flexibility index (Phi) is 3.01. The topological polar surface area (TPSA) is 59.3 Å². The van der Waals surface area contributed by atoms with E-state index < -0.39 is 0 Å². The first-order valence-electron chi connectivity index (χ1n) is 7.46. The summed E-state index contributed by atoms with van der Waals surface area (Å²) in [5, 5.41) is 18.0. The standard InChI is InChI=1S/C18H17N3O2/c1-11-9-15-13-5-3-4-6-14(13)19-18(21(15)20-11)12-7-8-16(22)17(10-12)23-2/h3-10,18-19,22H,1-2H3/t18-/m0/s1. The Hall–Kier alpha value is -2.95. The SMILES string of the molecule is COc1cc([C@H]2Nc3ccccc3-c3cc(C)nn32)ccc1O. The second-order valence-corrected chi connectivity index (χ2v) is 5.64. The summed E-state index contributed by atoms with van der Waals surface area (Å²) in [6.45, 7) is 1.99. The highest BCUT2D eigenvalue weighted by molar-refractivity contribution is 5.78. The smallest absolute Gasteiger partial charge is 0.160 e. The normalized spacial score (nSPS) is 15.5. The number of para-hydroxylation sites is 1. The number of aryl methyl sites for hydroxylation is 1. The van der Waals surface area contributed by atoms with Crippen molar-refractivity contribution in [2.45, 2.75) is 13.1 Å². The van der Waals surface area contributed by atoms with Gasteiger partial charge in [0.05, 0.1) is 18.5 Å². The van der Waals surface area contributed by atoms with Gasteiger partial charge >= 0.3 is 0 Å². The zero-order valence-corrected chi connectivity index (χ0v) is 12.9. The van der Waals surface area contributed by atoms with Crippen LogP contribution in [0.15, 0.2) is 48.5 Å². The van der Waals surface area contributed by atoms with Crippen LogP contribution in [0.3, 0.4) is 0 Å². The van der Waals surface area contributed by atoms with Gasteiger partial charge in [-0.15, -0.1) is 0 Å². The largest absolute Gasteiger partial charge is 0.504 e. The fourth-order valence-corrected chi connectivity index (χ4v) is 3.04. The van der Waals surface area contributed by atoms with Crippen molar-refractivity contribution in [1.82, 2.24) is 9.78 Å². The second kappa shape index (κ2) is 5.05. The van der Waals surface area contributed by atoms with Crippen molar-refractivity contribution in [2.24, 2.45) is 0 Å². The average Bonchev–Trinajstić information content (AvgIpc) is 2.96. The molecule has 5 heteroatoms. The van der Waals surface area contributed by atoms with Crippen molar-refractivity contribution >= 4 is 5.69 Å². The molecule has 23 heavy (non-hydrogen) atoms. The van der Waals surface area contributed by atoms with Crippen LogP contribution >= 0.6 is 0 Å². The first kappa shape index (κ1) is 13.7. The van der Waals surface area contributed by atoms with Gasteiger partial charge in [-0.3, -0.25) is 0 Å². The number of benzene rings is 2. The molecule has 4 rings (SSSR count). The van der Waals surface area contributed by atoms with E-state index in [1.54, 1.807) is 13.2 Å². The molecule has 2 aromatic carbocycles. The van der Waals surface area contributed by atoms with Gasteiger partial charge < -0.3 is 15.2 Å². The molecule has 0 unspecified atom stereocenters. The molecule has 1 aliphatic rings. The number of ether oxygens (including phenoxy) is 1. The highest BCUT2D eigenvalue weighted by Crippen LogP contribution is 2.39. The van der Waals surface area contributed by atoms with Gasteiger partial charge in [-0.05, 0) is 31.2 Å². The van der Waals surface area contributed by atoms with Crippen molar-refractivity contribution in [3.63, 3.8) is 0 Å². The van der Waals surface area contributed by atoms with E-state index in [-0.39, 0.29) is 11.9 Å². The zero-order valence-electron chi connectivity index (χ0n) is 12.9. The molecule has 3 aromatic rings. The molecule has 0 saturated carbocycles. The molecule has 2 N–H and O–H groups in total. The van der Waals surface area contributed by atoms with Crippen molar-refractivity contribution in [2.75, 3.05) is 12.4 Å². The average molecular weight is 307 g/mol. The monoisotopic (exact) mass is 307 g/mol. The van der Waals surface area contributed by atoms with Gasteiger partial charge in [0.1, 0.15) is 6.17 Å². The van der Waals surface area contributed by atoms with Crippen LogP contribution in [0.2, 0.25) is 0 Å². The first-order valence-corrected chi connectivity index (χ1v) is 7.46. The summed E-state index contributed by atoms with van der Waals surface area (Å²) >= 11 is 0. The van der Waals surface area contributed by atoms with E-state index in [1.165, 1.54) is 0 Å². The highest BCUT2D eigenvalue weighted by atomic mass is 16.5. The number of aromatic nitrogens is 2. The van der Waals surface area contributed by atoms with E-state index in [0.29, 0.717) is 5.75 Å². The molecule has 1 aromatic heterocycles. The van der Waals surface area contributed by atoms with Crippen LogP contribution in [0.1, 0.15) is 17.4 Å². The minimum atomic E-state index is -0.150. The molecule has 0 fully saturated rings. The lowest BCUT2D eigenvalue weighted by Crippen LogP contribution is -2.25. The third kappa shape index (κ3) is 2.12. The molecule has 0 radical (unpaired) electrons. The molecule has 1 aliphatic heterocycles. The molecule has 0 bridgehead atoms. The molecular weight excluding hydrogens is 290 g/mol. The number of hydrogen-bond donors (Lipinski definition) is 2. The maximum absolute atomic E-state index is 9.82. The van der Waals surface area contributed by atoms with Gasteiger partial charge in [-0.2, -0.15) is 5.10 Å². The third-order valence-electron chi connectivity index (χ3n) is 4.12. The Bertz CT molecular complexity index is 886. The quantitative estimate of drug-likeness (QED) is 0.760. The number of nitrogens with one attached hydrogen (secondary N) is 1. The fourth-order valence-electron chi connectivity index (χ4n) is 3.04. The molecule has 2 heterocycles. The lowest BCUT2D eigenvalue weighted by molar-refractivity contribution is 0.372. The van der Waals surface area contributed by atoms with Crippen molar-refractivity contribution in [3.8, 4) is 22.8 Å². The van der Waals surface area contributed by atoms with Crippen molar-refractivity contribution in [3.05, 3.63) is 59.8 Å². The van der Waals surface area contributed by atoms with E-state index >= 15 is 0 Å². The number of rotatable bonds is 2. The van der Waals surface area contributed by atoms with Crippen LogP contribution in [-0.2, 0) is 0 Å². The zero-order chi connectivity index (χ0) is 16.0. The van der Waals surface area contributed by atoms with E-state index in [2.05, 4.69) is 28.6 Å². The molecule has 116 valence electrons. The molecule has 0 amide bonds. The van der Waals surface area contributed by atoms with Gasteiger partial charge in [0.25, 0.3) is 0 Å². The molecular formula is C18H17N3O2. The van der Waals surface area contributed by atoms with Crippen LogP contribution in [0, 0.1) is 6.92 Å². The summed E-state index contributed by atoms with van der Waals surface area (Å²) in [6.07, 6.45) is -0.150. The van der Waals surface area contributed by atoms with E-state index in [1.807, 2.05) is 35.9 Å². The van der Waals surface area contributed by atoms with Crippen LogP contribution in [-0.4, -0.2) is 22.0 Å². The minimum absolute atomic E-state index is 0.129. The number of hydrogen-bond acceptors (Lipinski definition) is 4. The van der Waals surface area contributed by atoms with Gasteiger partial charge in [0, 0.05) is 16.8 Å². The summed E-state index contributed by atoms with van der Waals surface area (Å²) in [5.74, 6) is 0.581. The summed E-state index contributed by atoms with van der Waals surface area (Å²) in [6, 6.07) is 15.6. The molecule has 0 aliphatic carbocycles. The Morgan fingerprint density at radius 1 is 1.17 bits per heavy atom. The van der Waals surface area contributed by atoms with Crippen LogP contribution in [0.25, 0.3) is 11.3 Å². The van der Waals surface area contributed by atoms with Gasteiger partial charge in [0.2, 0.25) is 0 Å². The highest BCUT2D eigenvalue weighted by Gasteiger charge is 2.26. The first-order chi connectivity index (χ1) is 11.2. The van der Waals surface area contributed by atoms with E-state index in [9.17, 15) is 5.11 Å². The fraction of sp³-hybridized carbons (Fsp3) is 0.167. The maximum Gasteiger partial charge on any atom is 0.160 e. The summed E-state index contributed by atoms with van der Waals surface area (Å²) < 4.78 is 7.21. The van der Waals surface area contributed by atoms with Crippen LogP contribution in [0.4, 0.5) is 5.69 Å². The number of fused-ring (bicyclic) bond motifs is 3. The van der Waals surface area contributed by atoms with Crippen LogP contribution in [0.5, 0.6) is 11.5 Å². The van der Waals surface area contributed by atoms with Crippen LogP contribution < -0.4 is 10.1 Å². The summed E-state index contributed by atoms with van der Waals surface area (Å²) in [4.78, 5) is 0. The molecule has 1 atom stereocenters. The summed E-state index contributed by atoms with van der Waals surface area (Å²) in [7, 11) is 1.55. The Labute approximate surface area is 134 Å². The number of aromatic hydroxyl groups is 1. The van der Waals surface area contributed by atoms with Crippen molar-refractivity contribution in [1.29, 1.82) is 0 Å². The van der Waals surface area contributed by atoms with Gasteiger partial charge in [-0.25, -0.2) is 4.68 Å². The minimum Gasteiger partial charge on any atom is -0.504 e. The lowest BCUT2D eigenvalue weighted by atomic mass is 10.0. The number of phenolic OH excluding ortho intramolecular Hbond substituents is 1. The Morgan fingerprint density at radius 2 is 2.00 bits per heavy atom. The molecule has 0 saturated heterocycles. The van der Waals surface area contributed by atoms with Gasteiger partial charge in [0.15, 0.2) is 11.5 Å². The third-order valence-corrected chi connectivity index (χ3v) is 4.12. The molecule has 5 nitrogen and oxygen atoms in total. The maximum atomic E-state index is 9.82. The number of methoxy groups -OCH3 is 1. The molecule has 0 spiro atoms. The Balaban J connectivity index is 1.88. The van der Waals surface area contributed by atoms with E-state index in [0.717, 1.165) is 28.2 Å². The number of anilines is 1. The van der Waals surface area contributed by atoms with E-state index in [4.69, 9.17) is 4.74 Å². The number of phenols is 1. The van der Waals surface area contributed by atoms with Gasteiger partial charge in [-0.1, -0.05) is 24.3 Å². The van der Waals surface area contributed by atoms with Crippen molar-refractivity contribution < 1.29 is 9.84 Å². The number of nitrogens with zero attached hydrogens (tertiary/aromatic N) is 2. The predicted octanol–water partition coefficient (Wildman–Crippen LogP) is 3.55. The second-order valence-electron chi connectivity index (χ2n) is 5.64.